The van der Waals surface area contributed by atoms with E-state index in [0.29, 0.717) is 17.3 Å². The van der Waals surface area contributed by atoms with Crippen molar-refractivity contribution in [3.63, 3.8) is 0 Å². The molecule has 0 unspecified atom stereocenters. The minimum atomic E-state index is 0.535. The minimum absolute atomic E-state index is 0.535. The molecule has 2 aromatic carbocycles. The number of rotatable bonds is 4. The van der Waals surface area contributed by atoms with Crippen molar-refractivity contribution in [1.82, 2.24) is 9.97 Å². The second kappa shape index (κ2) is 7.02. The summed E-state index contributed by atoms with van der Waals surface area (Å²) >= 11 is 0. The van der Waals surface area contributed by atoms with Gasteiger partial charge in [0, 0.05) is 23.1 Å². The van der Waals surface area contributed by atoms with Gasteiger partial charge < -0.3 is 10.6 Å². The Kier molecular flexibility index (Phi) is 4.62. The van der Waals surface area contributed by atoms with Gasteiger partial charge in [-0.3, -0.25) is 0 Å². The van der Waals surface area contributed by atoms with Gasteiger partial charge in [0.05, 0.1) is 11.6 Å². The van der Waals surface area contributed by atoms with E-state index in [1.807, 2.05) is 32.0 Å². The fourth-order valence-electron chi connectivity index (χ4n) is 2.49. The SMILES string of the molecule is Cc1ccc(C)c(Nc2nc(C)cc(Nc3cccc(C#N)c3)n2)c1. The third kappa shape index (κ3) is 4.12. The number of aromatic nitrogens is 2. The molecule has 1 heterocycles. The molecule has 0 saturated carbocycles. The van der Waals surface area contributed by atoms with Crippen LogP contribution in [0.2, 0.25) is 0 Å². The summed E-state index contributed by atoms with van der Waals surface area (Å²) in [5.41, 5.74) is 5.56. The highest BCUT2D eigenvalue weighted by molar-refractivity contribution is 5.63. The summed E-state index contributed by atoms with van der Waals surface area (Å²) in [5, 5.41) is 15.5. The Hall–Kier alpha value is -3.39. The average Bonchev–Trinajstić information content (AvgIpc) is 2.58. The maximum Gasteiger partial charge on any atom is 0.229 e. The molecule has 0 bridgehead atoms. The van der Waals surface area contributed by atoms with Crippen LogP contribution in [0.4, 0.5) is 23.1 Å². The fourth-order valence-corrected chi connectivity index (χ4v) is 2.49. The second-order valence-electron chi connectivity index (χ2n) is 5.98. The van der Waals surface area contributed by atoms with Gasteiger partial charge in [-0.25, -0.2) is 4.98 Å². The van der Waals surface area contributed by atoms with Gasteiger partial charge >= 0.3 is 0 Å². The van der Waals surface area contributed by atoms with Gasteiger partial charge in [0.15, 0.2) is 0 Å². The fraction of sp³-hybridized carbons (Fsp3) is 0.150. The monoisotopic (exact) mass is 329 g/mol. The summed E-state index contributed by atoms with van der Waals surface area (Å²) in [4.78, 5) is 8.99. The molecule has 0 atom stereocenters. The van der Waals surface area contributed by atoms with Crippen molar-refractivity contribution in [2.75, 3.05) is 10.6 Å². The van der Waals surface area contributed by atoms with Gasteiger partial charge in [-0.15, -0.1) is 0 Å². The zero-order chi connectivity index (χ0) is 17.8. The Labute approximate surface area is 147 Å². The Balaban J connectivity index is 1.87. The van der Waals surface area contributed by atoms with Gasteiger partial charge in [-0.2, -0.15) is 10.2 Å². The summed E-state index contributed by atoms with van der Waals surface area (Å²) in [6.45, 7) is 6.02. The zero-order valence-corrected chi connectivity index (χ0v) is 14.5. The normalized spacial score (nSPS) is 10.2. The molecule has 0 spiro atoms. The molecule has 3 aromatic rings. The molecule has 0 fully saturated rings. The van der Waals surface area contributed by atoms with E-state index in [0.717, 1.165) is 22.6 Å². The number of nitrogens with zero attached hydrogens (tertiary/aromatic N) is 3. The van der Waals surface area contributed by atoms with Gasteiger partial charge in [0.25, 0.3) is 0 Å². The van der Waals surface area contributed by atoms with Crippen molar-refractivity contribution < 1.29 is 0 Å². The van der Waals surface area contributed by atoms with Crippen molar-refractivity contribution in [3.05, 3.63) is 70.9 Å². The molecule has 3 rings (SSSR count). The molecule has 25 heavy (non-hydrogen) atoms. The van der Waals surface area contributed by atoms with Crippen LogP contribution in [-0.4, -0.2) is 9.97 Å². The predicted molar refractivity (Wildman–Crippen MR) is 100 cm³/mol. The zero-order valence-electron chi connectivity index (χ0n) is 14.5. The van der Waals surface area contributed by atoms with Crippen LogP contribution in [0.3, 0.4) is 0 Å². The topological polar surface area (TPSA) is 73.6 Å². The lowest BCUT2D eigenvalue weighted by Crippen LogP contribution is -2.03. The highest BCUT2D eigenvalue weighted by atomic mass is 15.1. The van der Waals surface area contributed by atoms with Crippen LogP contribution in [-0.2, 0) is 0 Å². The second-order valence-corrected chi connectivity index (χ2v) is 5.98. The van der Waals surface area contributed by atoms with Crippen molar-refractivity contribution >= 4 is 23.1 Å². The molecular weight excluding hydrogens is 310 g/mol. The van der Waals surface area contributed by atoms with Crippen molar-refractivity contribution in [1.29, 1.82) is 5.26 Å². The van der Waals surface area contributed by atoms with Crippen LogP contribution < -0.4 is 10.6 Å². The summed E-state index contributed by atoms with van der Waals surface area (Å²) < 4.78 is 0. The van der Waals surface area contributed by atoms with Crippen LogP contribution >= 0.6 is 0 Å². The van der Waals surface area contributed by atoms with E-state index in [-0.39, 0.29) is 0 Å². The molecule has 2 N–H and O–H groups in total. The van der Waals surface area contributed by atoms with E-state index < -0.39 is 0 Å². The van der Waals surface area contributed by atoms with Crippen molar-refractivity contribution in [2.24, 2.45) is 0 Å². The first-order valence-electron chi connectivity index (χ1n) is 8.00. The Bertz CT molecular complexity index is 957. The molecule has 5 heteroatoms. The lowest BCUT2D eigenvalue weighted by molar-refractivity contribution is 1.10. The first-order chi connectivity index (χ1) is 12.0. The number of hydrogen-bond donors (Lipinski definition) is 2. The molecule has 0 radical (unpaired) electrons. The summed E-state index contributed by atoms with van der Waals surface area (Å²) in [6, 6.07) is 17.5. The van der Waals surface area contributed by atoms with Crippen molar-refractivity contribution in [3.8, 4) is 6.07 Å². The molecule has 124 valence electrons. The molecule has 0 amide bonds. The first-order valence-corrected chi connectivity index (χ1v) is 8.00. The van der Waals surface area contributed by atoms with Crippen LogP contribution in [0.25, 0.3) is 0 Å². The number of nitriles is 1. The Morgan fingerprint density at radius 1 is 0.920 bits per heavy atom. The Morgan fingerprint density at radius 3 is 2.56 bits per heavy atom. The quantitative estimate of drug-likeness (QED) is 0.722. The van der Waals surface area contributed by atoms with E-state index in [9.17, 15) is 0 Å². The summed E-state index contributed by atoms with van der Waals surface area (Å²) in [5.74, 6) is 1.21. The molecule has 0 saturated heterocycles. The van der Waals surface area contributed by atoms with E-state index in [4.69, 9.17) is 5.26 Å². The average molecular weight is 329 g/mol. The lowest BCUT2D eigenvalue weighted by Gasteiger charge is -2.12. The highest BCUT2D eigenvalue weighted by Gasteiger charge is 2.06. The van der Waals surface area contributed by atoms with Crippen LogP contribution in [0.1, 0.15) is 22.4 Å². The minimum Gasteiger partial charge on any atom is -0.340 e. The van der Waals surface area contributed by atoms with Gasteiger partial charge in [0.2, 0.25) is 5.95 Å². The number of hydrogen-bond acceptors (Lipinski definition) is 5. The largest absolute Gasteiger partial charge is 0.340 e. The van der Waals surface area contributed by atoms with Crippen LogP contribution in [0.15, 0.2) is 48.5 Å². The molecular formula is C20H19N5. The molecule has 0 aliphatic heterocycles. The smallest absolute Gasteiger partial charge is 0.229 e. The van der Waals surface area contributed by atoms with Crippen molar-refractivity contribution in [2.45, 2.75) is 20.8 Å². The highest BCUT2D eigenvalue weighted by Crippen LogP contribution is 2.22. The molecule has 0 aliphatic carbocycles. The van der Waals surface area contributed by atoms with E-state index in [1.165, 1.54) is 5.56 Å². The third-order valence-electron chi connectivity index (χ3n) is 3.76. The van der Waals surface area contributed by atoms with Gasteiger partial charge in [0.1, 0.15) is 5.82 Å². The summed E-state index contributed by atoms with van der Waals surface area (Å²) in [6.07, 6.45) is 0. The van der Waals surface area contributed by atoms with Gasteiger partial charge in [-0.05, 0) is 56.2 Å². The lowest BCUT2D eigenvalue weighted by atomic mass is 10.1. The number of anilines is 4. The molecule has 0 aliphatic rings. The van der Waals surface area contributed by atoms with Crippen LogP contribution in [0.5, 0.6) is 0 Å². The van der Waals surface area contributed by atoms with E-state index >= 15 is 0 Å². The standard InChI is InChI=1S/C20H19N5/c1-13-7-8-14(2)18(9-13)24-20-22-15(3)10-19(25-20)23-17-6-4-5-16(11-17)12-21/h4-11H,1-3H3,(H2,22,23,24,25). The maximum absolute atomic E-state index is 9.02. The maximum atomic E-state index is 9.02. The van der Waals surface area contributed by atoms with E-state index in [2.05, 4.69) is 51.8 Å². The van der Waals surface area contributed by atoms with E-state index in [1.54, 1.807) is 12.1 Å². The number of nitrogens with one attached hydrogen (secondary N) is 2. The first kappa shape index (κ1) is 16.5. The molecule has 1 aromatic heterocycles. The number of aryl methyl sites for hydroxylation is 3. The third-order valence-corrected chi connectivity index (χ3v) is 3.76. The molecule has 5 nitrogen and oxygen atoms in total. The predicted octanol–water partition coefficient (Wildman–Crippen LogP) is 4.76. The Morgan fingerprint density at radius 2 is 1.76 bits per heavy atom. The number of benzene rings is 2. The van der Waals surface area contributed by atoms with Gasteiger partial charge in [-0.1, -0.05) is 18.2 Å². The summed E-state index contributed by atoms with van der Waals surface area (Å²) in [7, 11) is 0. The van der Waals surface area contributed by atoms with Crippen LogP contribution in [0, 0.1) is 32.1 Å².